The maximum absolute atomic E-state index is 11.2. The fourth-order valence-corrected chi connectivity index (χ4v) is 3.32. The van der Waals surface area contributed by atoms with Gasteiger partial charge in [-0.05, 0) is 27.4 Å². The minimum Gasteiger partial charge on any atom is -0.465 e. The zero-order chi connectivity index (χ0) is 12.3. The molecule has 2 rings (SSSR count). The van der Waals surface area contributed by atoms with E-state index in [0.29, 0.717) is 16.6 Å². The summed E-state index contributed by atoms with van der Waals surface area (Å²) < 4.78 is 5.70. The van der Waals surface area contributed by atoms with Crippen LogP contribution in [-0.4, -0.2) is 18.1 Å². The topological polar surface area (TPSA) is 51.2 Å². The Morgan fingerprint density at radius 1 is 1.65 bits per heavy atom. The largest absolute Gasteiger partial charge is 0.465 e. The van der Waals surface area contributed by atoms with Crippen LogP contribution >= 0.6 is 38.6 Å². The number of nitrogens with one attached hydrogen (secondary N) is 1. The summed E-state index contributed by atoms with van der Waals surface area (Å²) in [5.41, 5.74) is 0. The molecule has 0 aliphatic heterocycles. The summed E-state index contributed by atoms with van der Waals surface area (Å²) in [7, 11) is 1.36. The fraction of sp³-hybridized carbons (Fsp3) is 0.200. The van der Waals surface area contributed by atoms with Gasteiger partial charge in [-0.15, -0.1) is 11.3 Å². The van der Waals surface area contributed by atoms with Crippen molar-refractivity contribution in [1.82, 2.24) is 4.98 Å². The van der Waals surface area contributed by atoms with E-state index in [1.807, 2.05) is 11.4 Å². The molecular weight excluding hydrogens is 324 g/mol. The Morgan fingerprint density at radius 3 is 3.12 bits per heavy atom. The Balaban J connectivity index is 1.98. The van der Waals surface area contributed by atoms with Crippen molar-refractivity contribution in [2.45, 2.75) is 6.54 Å². The van der Waals surface area contributed by atoms with Crippen LogP contribution in [0.3, 0.4) is 0 Å². The summed E-state index contributed by atoms with van der Waals surface area (Å²) in [6.45, 7) is 0.687. The highest BCUT2D eigenvalue weighted by Crippen LogP contribution is 2.25. The van der Waals surface area contributed by atoms with Crippen molar-refractivity contribution in [3.8, 4) is 0 Å². The summed E-state index contributed by atoms with van der Waals surface area (Å²) >= 11 is 6.41. The summed E-state index contributed by atoms with van der Waals surface area (Å²) in [6.07, 6.45) is 1.52. The standard InChI is InChI=1S/C10H9BrN2O2S2/c1-15-9(14)8-5-13-10(17-8)12-4-7-6(11)2-3-16-7/h2-3,5H,4H2,1H3,(H,12,13). The number of methoxy groups -OCH3 is 1. The number of anilines is 1. The lowest BCUT2D eigenvalue weighted by Crippen LogP contribution is -1.97. The van der Waals surface area contributed by atoms with Gasteiger partial charge in [0.15, 0.2) is 5.13 Å². The van der Waals surface area contributed by atoms with Gasteiger partial charge >= 0.3 is 5.97 Å². The van der Waals surface area contributed by atoms with E-state index in [9.17, 15) is 4.79 Å². The van der Waals surface area contributed by atoms with Gasteiger partial charge in [-0.25, -0.2) is 9.78 Å². The van der Waals surface area contributed by atoms with Crippen molar-refractivity contribution >= 4 is 49.7 Å². The molecule has 0 bridgehead atoms. The third kappa shape index (κ3) is 3.05. The highest BCUT2D eigenvalue weighted by Gasteiger charge is 2.10. The van der Waals surface area contributed by atoms with Crippen LogP contribution < -0.4 is 5.32 Å². The van der Waals surface area contributed by atoms with E-state index in [2.05, 4.69) is 31.0 Å². The van der Waals surface area contributed by atoms with Gasteiger partial charge in [0.2, 0.25) is 0 Å². The molecule has 4 nitrogen and oxygen atoms in total. The molecule has 0 unspecified atom stereocenters. The number of halogens is 1. The van der Waals surface area contributed by atoms with Gasteiger partial charge in [0.05, 0.1) is 19.9 Å². The molecule has 0 aliphatic rings. The normalized spacial score (nSPS) is 10.2. The van der Waals surface area contributed by atoms with Crippen molar-refractivity contribution in [2.75, 3.05) is 12.4 Å². The first kappa shape index (κ1) is 12.5. The Labute approximate surface area is 115 Å². The average Bonchev–Trinajstić information content (AvgIpc) is 2.94. The molecule has 1 N–H and O–H groups in total. The number of aromatic nitrogens is 1. The number of esters is 1. The number of ether oxygens (including phenoxy) is 1. The molecule has 90 valence electrons. The van der Waals surface area contributed by atoms with Gasteiger partial charge in [0.1, 0.15) is 4.88 Å². The van der Waals surface area contributed by atoms with Crippen LogP contribution in [0.5, 0.6) is 0 Å². The number of nitrogens with zero attached hydrogens (tertiary/aromatic N) is 1. The lowest BCUT2D eigenvalue weighted by molar-refractivity contribution is 0.0606. The van der Waals surface area contributed by atoms with Crippen molar-refractivity contribution in [3.05, 3.63) is 31.9 Å². The third-order valence-electron chi connectivity index (χ3n) is 1.98. The molecule has 0 aromatic carbocycles. The van der Waals surface area contributed by atoms with Crippen LogP contribution in [0.4, 0.5) is 5.13 Å². The lowest BCUT2D eigenvalue weighted by atomic mass is 10.5. The first-order valence-electron chi connectivity index (χ1n) is 4.70. The molecule has 17 heavy (non-hydrogen) atoms. The van der Waals surface area contributed by atoms with E-state index in [1.54, 1.807) is 11.3 Å². The van der Waals surface area contributed by atoms with Crippen LogP contribution in [0.2, 0.25) is 0 Å². The Kier molecular flexibility index (Phi) is 4.14. The quantitative estimate of drug-likeness (QED) is 0.872. The zero-order valence-electron chi connectivity index (χ0n) is 8.90. The average molecular weight is 333 g/mol. The maximum atomic E-state index is 11.2. The number of hydrogen-bond donors (Lipinski definition) is 1. The molecule has 2 aromatic rings. The first-order valence-corrected chi connectivity index (χ1v) is 7.19. The smallest absolute Gasteiger partial charge is 0.349 e. The molecule has 0 amide bonds. The van der Waals surface area contributed by atoms with E-state index < -0.39 is 0 Å². The van der Waals surface area contributed by atoms with E-state index in [1.165, 1.54) is 29.5 Å². The van der Waals surface area contributed by atoms with Gasteiger partial charge in [-0.1, -0.05) is 11.3 Å². The monoisotopic (exact) mass is 332 g/mol. The highest BCUT2D eigenvalue weighted by molar-refractivity contribution is 9.10. The molecule has 7 heteroatoms. The molecular formula is C10H9BrN2O2S2. The van der Waals surface area contributed by atoms with Gasteiger partial charge in [-0.2, -0.15) is 0 Å². The number of carbonyl (C=O) groups is 1. The highest BCUT2D eigenvalue weighted by atomic mass is 79.9. The van der Waals surface area contributed by atoms with Crippen LogP contribution in [0.1, 0.15) is 14.5 Å². The zero-order valence-corrected chi connectivity index (χ0v) is 12.1. The Bertz CT molecular complexity index is 524. The van der Waals surface area contributed by atoms with Gasteiger partial charge < -0.3 is 10.1 Å². The number of thiazole rings is 1. The van der Waals surface area contributed by atoms with Crippen LogP contribution in [0.25, 0.3) is 0 Å². The second kappa shape index (κ2) is 5.61. The van der Waals surface area contributed by atoms with E-state index >= 15 is 0 Å². The molecule has 0 saturated carbocycles. The van der Waals surface area contributed by atoms with Crippen molar-refractivity contribution < 1.29 is 9.53 Å². The van der Waals surface area contributed by atoms with E-state index in [4.69, 9.17) is 0 Å². The maximum Gasteiger partial charge on any atom is 0.349 e. The van der Waals surface area contributed by atoms with Crippen LogP contribution in [0.15, 0.2) is 22.1 Å². The van der Waals surface area contributed by atoms with Gasteiger partial charge in [0, 0.05) is 9.35 Å². The number of hydrogen-bond acceptors (Lipinski definition) is 6. The van der Waals surface area contributed by atoms with Crippen molar-refractivity contribution in [1.29, 1.82) is 0 Å². The number of rotatable bonds is 4. The second-order valence-electron chi connectivity index (χ2n) is 3.07. The summed E-state index contributed by atoms with van der Waals surface area (Å²) in [5.74, 6) is -0.354. The predicted octanol–water partition coefficient (Wildman–Crippen LogP) is 3.37. The molecule has 0 saturated heterocycles. The van der Waals surface area contributed by atoms with Crippen molar-refractivity contribution in [3.63, 3.8) is 0 Å². The molecule has 0 spiro atoms. The van der Waals surface area contributed by atoms with E-state index in [-0.39, 0.29) is 5.97 Å². The summed E-state index contributed by atoms with van der Waals surface area (Å²) in [4.78, 5) is 17.0. The van der Waals surface area contributed by atoms with Gasteiger partial charge in [0.25, 0.3) is 0 Å². The van der Waals surface area contributed by atoms with Crippen LogP contribution in [0, 0.1) is 0 Å². The van der Waals surface area contributed by atoms with Crippen LogP contribution in [-0.2, 0) is 11.3 Å². The molecule has 2 heterocycles. The molecule has 0 fully saturated rings. The predicted molar refractivity (Wildman–Crippen MR) is 72.8 cm³/mol. The Morgan fingerprint density at radius 2 is 2.47 bits per heavy atom. The Hall–Kier alpha value is -0.920. The minimum atomic E-state index is -0.354. The third-order valence-corrected chi connectivity index (χ3v) is 4.84. The number of thiophene rings is 1. The minimum absolute atomic E-state index is 0.354. The second-order valence-corrected chi connectivity index (χ2v) is 5.95. The molecule has 2 aromatic heterocycles. The van der Waals surface area contributed by atoms with Gasteiger partial charge in [-0.3, -0.25) is 0 Å². The summed E-state index contributed by atoms with van der Waals surface area (Å²) in [5, 5.41) is 5.90. The fourth-order valence-electron chi connectivity index (χ4n) is 1.16. The SMILES string of the molecule is COC(=O)c1cnc(NCc2sccc2Br)s1. The number of carbonyl (C=O) groups excluding carboxylic acids is 1. The molecule has 0 atom stereocenters. The lowest BCUT2D eigenvalue weighted by Gasteiger charge is -2.00. The first-order chi connectivity index (χ1) is 8.20. The molecule has 0 radical (unpaired) electrons. The molecule has 0 aliphatic carbocycles. The van der Waals surface area contributed by atoms with E-state index in [0.717, 1.165) is 4.47 Å². The van der Waals surface area contributed by atoms with Crippen molar-refractivity contribution in [2.24, 2.45) is 0 Å². The summed E-state index contributed by atoms with van der Waals surface area (Å²) in [6, 6.07) is 2.00.